The summed E-state index contributed by atoms with van der Waals surface area (Å²) in [5, 5.41) is 3.49. The van der Waals surface area contributed by atoms with E-state index in [-0.39, 0.29) is 11.9 Å². The Morgan fingerprint density at radius 3 is 2.80 bits per heavy atom. The fraction of sp³-hybridized carbons (Fsp3) is 0.375. The fourth-order valence-corrected chi connectivity index (χ4v) is 2.22. The van der Waals surface area contributed by atoms with Gasteiger partial charge < -0.3 is 5.32 Å². The average molecular weight is 273 g/mol. The van der Waals surface area contributed by atoms with Crippen LogP contribution in [0.15, 0.2) is 36.8 Å². The van der Waals surface area contributed by atoms with E-state index in [9.17, 15) is 4.39 Å². The van der Waals surface area contributed by atoms with Crippen molar-refractivity contribution in [2.75, 3.05) is 6.54 Å². The molecule has 3 nitrogen and oxygen atoms in total. The molecule has 0 radical (unpaired) electrons. The molecule has 0 saturated carbocycles. The second-order valence-electron chi connectivity index (χ2n) is 4.92. The lowest BCUT2D eigenvalue weighted by atomic mass is 9.99. The van der Waals surface area contributed by atoms with E-state index >= 15 is 0 Å². The molecular weight excluding hydrogens is 253 g/mol. The maximum absolute atomic E-state index is 13.2. The van der Waals surface area contributed by atoms with Gasteiger partial charge in [0.25, 0.3) is 0 Å². The van der Waals surface area contributed by atoms with Crippen molar-refractivity contribution in [2.45, 2.75) is 32.7 Å². The highest BCUT2D eigenvalue weighted by Crippen LogP contribution is 2.19. The molecule has 1 aromatic heterocycles. The van der Waals surface area contributed by atoms with Gasteiger partial charge in [0, 0.05) is 6.20 Å². The molecule has 20 heavy (non-hydrogen) atoms. The van der Waals surface area contributed by atoms with Crippen LogP contribution < -0.4 is 5.32 Å². The average Bonchev–Trinajstić information content (AvgIpc) is 2.46. The van der Waals surface area contributed by atoms with Gasteiger partial charge in [-0.05, 0) is 55.6 Å². The van der Waals surface area contributed by atoms with Gasteiger partial charge >= 0.3 is 0 Å². The first kappa shape index (κ1) is 14.6. The van der Waals surface area contributed by atoms with Crippen molar-refractivity contribution in [1.29, 1.82) is 0 Å². The SMILES string of the molecule is CCCNC(Cc1ccc(F)cc1C)c1ccncn1. The molecule has 1 aromatic carbocycles. The van der Waals surface area contributed by atoms with E-state index in [4.69, 9.17) is 0 Å². The van der Waals surface area contributed by atoms with E-state index in [0.29, 0.717) is 0 Å². The molecule has 0 aliphatic carbocycles. The van der Waals surface area contributed by atoms with Gasteiger partial charge in [-0.3, -0.25) is 0 Å². The first-order valence-electron chi connectivity index (χ1n) is 6.95. The largest absolute Gasteiger partial charge is 0.308 e. The number of hydrogen-bond acceptors (Lipinski definition) is 3. The monoisotopic (exact) mass is 273 g/mol. The van der Waals surface area contributed by atoms with Crippen LogP contribution in [-0.2, 0) is 6.42 Å². The van der Waals surface area contributed by atoms with Gasteiger partial charge in [-0.25, -0.2) is 14.4 Å². The van der Waals surface area contributed by atoms with Gasteiger partial charge in [0.1, 0.15) is 12.1 Å². The third kappa shape index (κ3) is 3.84. The van der Waals surface area contributed by atoms with Crippen molar-refractivity contribution in [3.63, 3.8) is 0 Å². The second kappa shape index (κ2) is 7.10. The summed E-state index contributed by atoms with van der Waals surface area (Å²) in [4.78, 5) is 8.28. The van der Waals surface area contributed by atoms with Gasteiger partial charge in [0.05, 0.1) is 11.7 Å². The molecule has 0 fully saturated rings. The topological polar surface area (TPSA) is 37.8 Å². The molecule has 0 aliphatic rings. The van der Waals surface area contributed by atoms with Crippen LogP contribution in [0.4, 0.5) is 4.39 Å². The van der Waals surface area contributed by atoms with Crippen LogP contribution in [0.1, 0.15) is 36.2 Å². The summed E-state index contributed by atoms with van der Waals surface area (Å²) in [7, 11) is 0. The number of aromatic nitrogens is 2. The summed E-state index contributed by atoms with van der Waals surface area (Å²) in [6, 6.07) is 6.99. The van der Waals surface area contributed by atoms with Crippen molar-refractivity contribution in [1.82, 2.24) is 15.3 Å². The summed E-state index contributed by atoms with van der Waals surface area (Å²) in [6.45, 7) is 5.00. The lowest BCUT2D eigenvalue weighted by Crippen LogP contribution is -2.25. The molecule has 4 heteroatoms. The predicted molar refractivity (Wildman–Crippen MR) is 77.9 cm³/mol. The van der Waals surface area contributed by atoms with Gasteiger partial charge in [0.15, 0.2) is 0 Å². The Morgan fingerprint density at radius 2 is 2.15 bits per heavy atom. The Labute approximate surface area is 119 Å². The van der Waals surface area contributed by atoms with Gasteiger partial charge in [-0.1, -0.05) is 13.0 Å². The summed E-state index contributed by atoms with van der Waals surface area (Å²) in [5.41, 5.74) is 3.08. The molecule has 2 aromatic rings. The Hall–Kier alpha value is -1.81. The Kier molecular flexibility index (Phi) is 5.18. The maximum Gasteiger partial charge on any atom is 0.123 e. The lowest BCUT2D eigenvalue weighted by Gasteiger charge is -2.19. The van der Waals surface area contributed by atoms with E-state index in [1.807, 2.05) is 19.1 Å². The van der Waals surface area contributed by atoms with E-state index < -0.39 is 0 Å². The number of hydrogen-bond donors (Lipinski definition) is 1. The number of rotatable bonds is 6. The fourth-order valence-electron chi connectivity index (χ4n) is 2.22. The summed E-state index contributed by atoms with van der Waals surface area (Å²) >= 11 is 0. The van der Waals surface area contributed by atoms with E-state index in [0.717, 1.165) is 36.2 Å². The molecule has 1 heterocycles. The van der Waals surface area contributed by atoms with Crippen molar-refractivity contribution in [3.05, 3.63) is 59.4 Å². The number of benzene rings is 1. The third-order valence-corrected chi connectivity index (χ3v) is 3.33. The zero-order valence-corrected chi connectivity index (χ0v) is 11.9. The molecule has 0 aliphatic heterocycles. The Bertz CT molecular complexity index is 543. The maximum atomic E-state index is 13.2. The standard InChI is InChI=1S/C16H20FN3/c1-3-7-19-16(15-6-8-18-11-20-15)10-13-4-5-14(17)9-12(13)2/h4-6,8-9,11,16,19H,3,7,10H2,1-2H3. The molecular formula is C16H20FN3. The van der Waals surface area contributed by atoms with Crippen LogP contribution in [0.25, 0.3) is 0 Å². The minimum Gasteiger partial charge on any atom is -0.308 e. The third-order valence-electron chi connectivity index (χ3n) is 3.33. The summed E-state index contributed by atoms with van der Waals surface area (Å²) < 4.78 is 13.2. The Balaban J connectivity index is 2.19. The molecule has 0 amide bonds. The first-order valence-corrected chi connectivity index (χ1v) is 6.95. The predicted octanol–water partition coefficient (Wildman–Crippen LogP) is 3.21. The van der Waals surface area contributed by atoms with Crippen molar-refractivity contribution < 1.29 is 4.39 Å². The normalized spacial score (nSPS) is 12.3. The van der Waals surface area contributed by atoms with Crippen LogP contribution in [0.3, 0.4) is 0 Å². The van der Waals surface area contributed by atoms with Crippen LogP contribution in [0.2, 0.25) is 0 Å². The molecule has 1 atom stereocenters. The van der Waals surface area contributed by atoms with Gasteiger partial charge in [-0.2, -0.15) is 0 Å². The molecule has 2 rings (SSSR count). The van der Waals surface area contributed by atoms with Crippen molar-refractivity contribution in [2.24, 2.45) is 0 Å². The molecule has 0 spiro atoms. The highest BCUT2D eigenvalue weighted by atomic mass is 19.1. The molecule has 1 N–H and O–H groups in total. The first-order chi connectivity index (χ1) is 9.70. The van der Waals surface area contributed by atoms with Crippen molar-refractivity contribution in [3.8, 4) is 0 Å². The molecule has 0 saturated heterocycles. The van der Waals surface area contributed by atoms with Crippen LogP contribution >= 0.6 is 0 Å². The van der Waals surface area contributed by atoms with Crippen LogP contribution in [0, 0.1) is 12.7 Å². The van der Waals surface area contributed by atoms with E-state index in [1.165, 1.54) is 6.07 Å². The molecule has 106 valence electrons. The minimum atomic E-state index is -0.189. The highest BCUT2D eigenvalue weighted by molar-refractivity contribution is 5.28. The van der Waals surface area contributed by atoms with Crippen molar-refractivity contribution >= 4 is 0 Å². The van der Waals surface area contributed by atoms with E-state index in [2.05, 4.69) is 22.2 Å². The number of nitrogens with one attached hydrogen (secondary N) is 1. The molecule has 1 unspecified atom stereocenters. The molecule has 0 bridgehead atoms. The number of halogens is 1. The smallest absolute Gasteiger partial charge is 0.123 e. The second-order valence-corrected chi connectivity index (χ2v) is 4.92. The lowest BCUT2D eigenvalue weighted by molar-refractivity contribution is 0.515. The minimum absolute atomic E-state index is 0.127. The van der Waals surface area contributed by atoms with Crippen LogP contribution in [0.5, 0.6) is 0 Å². The Morgan fingerprint density at radius 1 is 1.30 bits per heavy atom. The van der Waals surface area contributed by atoms with Gasteiger partial charge in [-0.15, -0.1) is 0 Å². The number of aryl methyl sites for hydroxylation is 1. The van der Waals surface area contributed by atoms with Crippen LogP contribution in [-0.4, -0.2) is 16.5 Å². The van der Waals surface area contributed by atoms with Gasteiger partial charge in [0.2, 0.25) is 0 Å². The van der Waals surface area contributed by atoms with E-state index in [1.54, 1.807) is 18.6 Å². The number of nitrogens with zero attached hydrogens (tertiary/aromatic N) is 2. The zero-order chi connectivity index (χ0) is 14.4. The summed E-state index contributed by atoms with van der Waals surface area (Å²) in [5.74, 6) is -0.189. The summed E-state index contributed by atoms with van der Waals surface area (Å²) in [6.07, 6.45) is 5.17. The highest BCUT2D eigenvalue weighted by Gasteiger charge is 2.14. The quantitative estimate of drug-likeness (QED) is 0.878. The zero-order valence-electron chi connectivity index (χ0n) is 11.9.